The number of alkyl halides is 2. The Bertz CT molecular complexity index is 437. The van der Waals surface area contributed by atoms with Gasteiger partial charge in [-0.3, -0.25) is 4.79 Å². The summed E-state index contributed by atoms with van der Waals surface area (Å²) in [5, 5.41) is 3.14. The maximum Gasteiger partial charge on any atom is 0.387 e. The van der Waals surface area contributed by atoms with E-state index in [1.807, 2.05) is 6.92 Å². The largest absolute Gasteiger partial charge is 0.468 e. The molecule has 0 radical (unpaired) electrons. The minimum atomic E-state index is -2.81. The average molecular weight is 301 g/mol. The van der Waals surface area contributed by atoms with Crippen molar-refractivity contribution in [1.82, 2.24) is 5.32 Å². The van der Waals surface area contributed by atoms with Gasteiger partial charge in [-0.25, -0.2) is 0 Å². The van der Waals surface area contributed by atoms with Crippen LogP contribution in [0.5, 0.6) is 5.75 Å². The van der Waals surface area contributed by atoms with Gasteiger partial charge in [0, 0.05) is 6.04 Å². The molecule has 0 bridgehead atoms. The molecule has 2 atom stereocenters. The van der Waals surface area contributed by atoms with E-state index in [1.54, 1.807) is 19.1 Å². The zero-order valence-corrected chi connectivity index (χ0v) is 12.4. The predicted octanol–water partition coefficient (Wildman–Crippen LogP) is 2.76. The van der Waals surface area contributed by atoms with Crippen molar-refractivity contribution in [3.63, 3.8) is 0 Å². The molecule has 4 nitrogen and oxygen atoms in total. The third-order valence-corrected chi connectivity index (χ3v) is 3.10. The van der Waals surface area contributed by atoms with E-state index in [4.69, 9.17) is 0 Å². The molecule has 0 saturated heterocycles. The van der Waals surface area contributed by atoms with Crippen molar-refractivity contribution in [2.45, 2.75) is 45.4 Å². The third-order valence-electron chi connectivity index (χ3n) is 3.10. The fraction of sp³-hybridized carbons (Fsp3) is 0.533. The summed E-state index contributed by atoms with van der Waals surface area (Å²) in [6.45, 7) is 0.923. The van der Waals surface area contributed by atoms with Crippen molar-refractivity contribution in [2.75, 3.05) is 7.11 Å². The first-order valence-corrected chi connectivity index (χ1v) is 6.80. The highest BCUT2D eigenvalue weighted by Crippen LogP contribution is 2.16. The normalized spacial score (nSPS) is 13.8. The molecule has 1 N–H and O–H groups in total. The smallest absolute Gasteiger partial charge is 0.387 e. The molecule has 0 fully saturated rings. The van der Waals surface area contributed by atoms with Crippen LogP contribution in [0.25, 0.3) is 0 Å². The number of carbonyl (C=O) groups is 1. The van der Waals surface area contributed by atoms with Gasteiger partial charge in [-0.15, -0.1) is 0 Å². The van der Waals surface area contributed by atoms with Crippen LogP contribution in [0.4, 0.5) is 8.78 Å². The van der Waals surface area contributed by atoms with Gasteiger partial charge < -0.3 is 14.8 Å². The van der Waals surface area contributed by atoms with Gasteiger partial charge in [-0.2, -0.15) is 8.78 Å². The molecule has 21 heavy (non-hydrogen) atoms. The van der Waals surface area contributed by atoms with Crippen LogP contribution < -0.4 is 10.1 Å². The SMILES string of the molecule is COC(=O)[C@H](C)NC(C)CCc1ccc(OC(F)F)cc1. The first-order valence-electron chi connectivity index (χ1n) is 6.80. The second kappa shape index (κ2) is 8.56. The molecule has 0 aliphatic rings. The second-order valence-electron chi connectivity index (χ2n) is 4.87. The highest BCUT2D eigenvalue weighted by Gasteiger charge is 2.15. The minimum Gasteiger partial charge on any atom is -0.468 e. The number of ether oxygens (including phenoxy) is 2. The van der Waals surface area contributed by atoms with Crippen molar-refractivity contribution >= 4 is 5.97 Å². The molecule has 6 heteroatoms. The molecule has 0 aliphatic carbocycles. The summed E-state index contributed by atoms with van der Waals surface area (Å²) < 4.78 is 33.0. The molecule has 0 heterocycles. The monoisotopic (exact) mass is 301 g/mol. The van der Waals surface area contributed by atoms with Crippen LogP contribution in [0.3, 0.4) is 0 Å². The first-order chi connectivity index (χ1) is 9.92. The molecule has 0 amide bonds. The van der Waals surface area contributed by atoms with Crippen molar-refractivity contribution in [3.8, 4) is 5.75 Å². The Balaban J connectivity index is 2.39. The zero-order valence-electron chi connectivity index (χ0n) is 12.4. The fourth-order valence-electron chi connectivity index (χ4n) is 1.98. The molecule has 0 spiro atoms. The lowest BCUT2D eigenvalue weighted by Gasteiger charge is -2.18. The number of aryl methyl sites for hydroxylation is 1. The molecule has 0 aliphatic heterocycles. The molecule has 118 valence electrons. The minimum absolute atomic E-state index is 0.135. The van der Waals surface area contributed by atoms with Gasteiger partial charge in [-0.05, 0) is 44.4 Å². The molecule has 1 aromatic carbocycles. The van der Waals surface area contributed by atoms with E-state index in [1.165, 1.54) is 19.2 Å². The highest BCUT2D eigenvalue weighted by molar-refractivity contribution is 5.75. The van der Waals surface area contributed by atoms with E-state index in [2.05, 4.69) is 14.8 Å². The van der Waals surface area contributed by atoms with E-state index in [-0.39, 0.29) is 23.8 Å². The quantitative estimate of drug-likeness (QED) is 0.750. The maximum atomic E-state index is 12.0. The Morgan fingerprint density at radius 1 is 1.24 bits per heavy atom. The van der Waals surface area contributed by atoms with Crippen LogP contribution in [0.15, 0.2) is 24.3 Å². The van der Waals surface area contributed by atoms with Crippen LogP contribution in [0.2, 0.25) is 0 Å². The van der Waals surface area contributed by atoms with E-state index in [0.29, 0.717) is 0 Å². The van der Waals surface area contributed by atoms with Gasteiger partial charge in [0.2, 0.25) is 0 Å². The van der Waals surface area contributed by atoms with Crippen LogP contribution in [-0.2, 0) is 16.0 Å². The van der Waals surface area contributed by atoms with Crippen molar-refractivity contribution in [1.29, 1.82) is 0 Å². The molecule has 1 rings (SSSR count). The molecule has 1 aromatic rings. The number of benzene rings is 1. The number of nitrogens with one attached hydrogen (secondary N) is 1. The van der Waals surface area contributed by atoms with E-state index >= 15 is 0 Å². The number of hydrogen-bond acceptors (Lipinski definition) is 4. The topological polar surface area (TPSA) is 47.6 Å². The molecular weight excluding hydrogens is 280 g/mol. The highest BCUT2D eigenvalue weighted by atomic mass is 19.3. The average Bonchev–Trinajstić information content (AvgIpc) is 2.45. The number of rotatable bonds is 8. The number of halogens is 2. The van der Waals surface area contributed by atoms with Gasteiger partial charge >= 0.3 is 12.6 Å². The van der Waals surface area contributed by atoms with Crippen LogP contribution in [0.1, 0.15) is 25.8 Å². The van der Waals surface area contributed by atoms with Gasteiger partial charge in [0.05, 0.1) is 7.11 Å². The van der Waals surface area contributed by atoms with E-state index in [9.17, 15) is 13.6 Å². The van der Waals surface area contributed by atoms with Gasteiger partial charge in [0.1, 0.15) is 11.8 Å². The Morgan fingerprint density at radius 2 is 1.86 bits per heavy atom. The lowest BCUT2D eigenvalue weighted by Crippen LogP contribution is -2.40. The summed E-state index contributed by atoms with van der Waals surface area (Å²) in [6.07, 6.45) is 1.59. The molecule has 0 saturated carbocycles. The molecule has 0 aromatic heterocycles. The van der Waals surface area contributed by atoms with Gasteiger partial charge in [0.25, 0.3) is 0 Å². The lowest BCUT2D eigenvalue weighted by atomic mass is 10.1. The van der Waals surface area contributed by atoms with Gasteiger partial charge in [0.15, 0.2) is 0 Å². The summed E-state index contributed by atoms with van der Waals surface area (Å²) in [7, 11) is 1.36. The summed E-state index contributed by atoms with van der Waals surface area (Å²) >= 11 is 0. The van der Waals surface area contributed by atoms with E-state index < -0.39 is 6.61 Å². The summed E-state index contributed by atoms with van der Waals surface area (Å²) in [5.74, 6) is -0.144. The Kier molecular flexibility index (Phi) is 7.08. The van der Waals surface area contributed by atoms with Crippen LogP contribution in [0, 0.1) is 0 Å². The Morgan fingerprint density at radius 3 is 2.38 bits per heavy atom. The van der Waals surface area contributed by atoms with Crippen molar-refractivity contribution in [3.05, 3.63) is 29.8 Å². The maximum absolute atomic E-state index is 12.0. The number of esters is 1. The lowest BCUT2D eigenvalue weighted by molar-refractivity contribution is -0.142. The molecular formula is C15H21F2NO3. The fourth-order valence-corrected chi connectivity index (χ4v) is 1.98. The van der Waals surface area contributed by atoms with Crippen LogP contribution in [-0.4, -0.2) is 31.8 Å². The van der Waals surface area contributed by atoms with Gasteiger partial charge in [-0.1, -0.05) is 12.1 Å². The first kappa shape index (κ1) is 17.4. The second-order valence-corrected chi connectivity index (χ2v) is 4.87. The zero-order chi connectivity index (χ0) is 15.8. The summed E-state index contributed by atoms with van der Waals surface area (Å²) in [6, 6.07) is 6.35. The predicted molar refractivity (Wildman–Crippen MR) is 75.5 cm³/mol. The van der Waals surface area contributed by atoms with Crippen molar-refractivity contribution in [2.24, 2.45) is 0 Å². The number of hydrogen-bond donors (Lipinski definition) is 1. The summed E-state index contributed by atoms with van der Waals surface area (Å²) in [5.41, 5.74) is 1.02. The molecule has 1 unspecified atom stereocenters. The van der Waals surface area contributed by atoms with Crippen LogP contribution >= 0.6 is 0 Å². The summed E-state index contributed by atoms with van der Waals surface area (Å²) in [4.78, 5) is 11.3. The Labute approximate surface area is 123 Å². The number of methoxy groups -OCH3 is 1. The number of carbonyl (C=O) groups excluding carboxylic acids is 1. The third kappa shape index (κ3) is 6.53. The Hall–Kier alpha value is -1.69. The van der Waals surface area contributed by atoms with Crippen molar-refractivity contribution < 1.29 is 23.0 Å². The van der Waals surface area contributed by atoms with E-state index in [0.717, 1.165) is 18.4 Å². The standard InChI is InChI=1S/C15H21F2NO3/c1-10(18-11(2)14(19)20-3)4-5-12-6-8-13(9-7-12)21-15(16)17/h6-11,15,18H,4-5H2,1-3H3/t10?,11-/m0/s1.